The van der Waals surface area contributed by atoms with Crippen LogP contribution in [0, 0.1) is 13.8 Å². The maximum atomic E-state index is 12.7. The van der Waals surface area contributed by atoms with Crippen LogP contribution in [-0.4, -0.2) is 59.8 Å². The van der Waals surface area contributed by atoms with Gasteiger partial charge in [0.1, 0.15) is 4.90 Å². The van der Waals surface area contributed by atoms with Gasteiger partial charge in [-0.3, -0.25) is 9.48 Å². The Bertz CT molecular complexity index is 632. The lowest BCUT2D eigenvalue weighted by Crippen LogP contribution is -2.46. The summed E-state index contributed by atoms with van der Waals surface area (Å²) in [5, 5.41) is 16.0. The molecular weight excluding hydrogens is 296 g/mol. The number of aromatic nitrogens is 2. The summed E-state index contributed by atoms with van der Waals surface area (Å²) in [7, 11) is -3.58. The number of hydrogen-bond acceptors (Lipinski definition) is 5. The van der Waals surface area contributed by atoms with Crippen LogP contribution in [0.25, 0.3) is 0 Å². The van der Waals surface area contributed by atoms with Crippen LogP contribution in [0.15, 0.2) is 4.90 Å². The minimum atomic E-state index is -3.58. The van der Waals surface area contributed by atoms with Crippen LogP contribution in [0.3, 0.4) is 0 Å². The van der Waals surface area contributed by atoms with Crippen molar-refractivity contribution in [1.29, 1.82) is 0 Å². The van der Waals surface area contributed by atoms with E-state index in [0.29, 0.717) is 37.6 Å². The zero-order chi connectivity index (χ0) is 15.6. The van der Waals surface area contributed by atoms with E-state index >= 15 is 0 Å². The fourth-order valence-electron chi connectivity index (χ4n) is 2.49. The lowest BCUT2D eigenvalue weighted by atomic mass is 10.4. The molecular formula is C12H20N4O4S. The van der Waals surface area contributed by atoms with Gasteiger partial charge >= 0.3 is 5.97 Å². The number of carbonyl (C=O) groups is 1. The summed E-state index contributed by atoms with van der Waals surface area (Å²) in [5.74, 6) is -0.936. The van der Waals surface area contributed by atoms with Gasteiger partial charge in [0.2, 0.25) is 10.0 Å². The number of piperazine rings is 1. The van der Waals surface area contributed by atoms with Gasteiger partial charge in [0.15, 0.2) is 0 Å². The van der Waals surface area contributed by atoms with E-state index in [-0.39, 0.29) is 17.9 Å². The summed E-state index contributed by atoms with van der Waals surface area (Å²) in [4.78, 5) is 10.8. The minimum absolute atomic E-state index is 0.0882. The second kappa shape index (κ2) is 6.12. The number of aryl methyl sites for hydroxylation is 2. The number of aliphatic carboxylic acids is 1. The fraction of sp³-hybridized carbons (Fsp3) is 0.667. The smallest absolute Gasteiger partial charge is 0.305 e. The number of rotatable bonds is 5. The quantitative estimate of drug-likeness (QED) is 0.764. The lowest BCUT2D eigenvalue weighted by molar-refractivity contribution is -0.137. The second-order valence-corrected chi connectivity index (χ2v) is 6.90. The largest absolute Gasteiger partial charge is 0.481 e. The summed E-state index contributed by atoms with van der Waals surface area (Å²) < 4.78 is 28.3. The summed E-state index contributed by atoms with van der Waals surface area (Å²) in [6, 6.07) is 0. The van der Waals surface area contributed by atoms with E-state index in [1.54, 1.807) is 13.8 Å². The average Bonchev–Trinajstić information content (AvgIpc) is 2.72. The van der Waals surface area contributed by atoms with Crippen molar-refractivity contribution < 1.29 is 18.3 Å². The molecule has 1 fully saturated rings. The fourth-order valence-corrected chi connectivity index (χ4v) is 4.30. The third-order valence-electron chi connectivity index (χ3n) is 3.53. The molecule has 2 heterocycles. The molecule has 0 radical (unpaired) electrons. The summed E-state index contributed by atoms with van der Waals surface area (Å²) in [6.45, 7) is 5.59. The van der Waals surface area contributed by atoms with Gasteiger partial charge in [-0.25, -0.2) is 8.42 Å². The highest BCUT2D eigenvalue weighted by molar-refractivity contribution is 7.89. The van der Waals surface area contributed by atoms with E-state index in [9.17, 15) is 13.2 Å². The van der Waals surface area contributed by atoms with E-state index in [2.05, 4.69) is 10.4 Å². The van der Waals surface area contributed by atoms with Gasteiger partial charge in [0.05, 0.1) is 24.4 Å². The van der Waals surface area contributed by atoms with Gasteiger partial charge in [-0.05, 0) is 13.8 Å². The van der Waals surface area contributed by atoms with Crippen molar-refractivity contribution in [3.8, 4) is 0 Å². The molecule has 1 aromatic heterocycles. The van der Waals surface area contributed by atoms with Crippen molar-refractivity contribution >= 4 is 16.0 Å². The molecule has 118 valence electrons. The molecule has 1 aliphatic heterocycles. The maximum Gasteiger partial charge on any atom is 0.305 e. The Morgan fingerprint density at radius 3 is 2.52 bits per heavy atom. The van der Waals surface area contributed by atoms with Gasteiger partial charge in [0, 0.05) is 26.2 Å². The number of carboxylic acids is 1. The first kappa shape index (κ1) is 15.9. The molecule has 0 saturated carbocycles. The number of sulfonamides is 1. The van der Waals surface area contributed by atoms with Crippen molar-refractivity contribution in [1.82, 2.24) is 19.4 Å². The molecule has 1 aromatic rings. The Labute approximate surface area is 123 Å². The highest BCUT2D eigenvalue weighted by atomic mass is 32.2. The molecule has 21 heavy (non-hydrogen) atoms. The third kappa shape index (κ3) is 3.25. The first-order chi connectivity index (χ1) is 9.84. The predicted octanol–water partition coefficient (Wildman–Crippen LogP) is -0.431. The molecule has 0 aliphatic carbocycles. The molecule has 0 unspecified atom stereocenters. The van der Waals surface area contributed by atoms with Crippen LogP contribution in [-0.2, 0) is 21.4 Å². The Morgan fingerprint density at radius 2 is 1.95 bits per heavy atom. The van der Waals surface area contributed by atoms with Crippen LogP contribution < -0.4 is 5.32 Å². The van der Waals surface area contributed by atoms with Crippen molar-refractivity contribution in [3.63, 3.8) is 0 Å². The number of hydrogen-bond donors (Lipinski definition) is 2. The highest BCUT2D eigenvalue weighted by Crippen LogP contribution is 2.23. The van der Waals surface area contributed by atoms with Crippen LogP contribution in [0.1, 0.15) is 17.8 Å². The van der Waals surface area contributed by atoms with Crippen molar-refractivity contribution in [2.75, 3.05) is 26.2 Å². The highest BCUT2D eigenvalue weighted by Gasteiger charge is 2.31. The standard InChI is InChI=1S/C12H20N4O4S/c1-9-12(10(2)16(14-9)6-3-11(17)18)21(19,20)15-7-4-13-5-8-15/h13H,3-8H2,1-2H3,(H,17,18). The average molecular weight is 316 g/mol. The van der Waals surface area contributed by atoms with E-state index in [1.807, 2.05) is 0 Å². The maximum absolute atomic E-state index is 12.7. The molecule has 0 aromatic carbocycles. The molecule has 0 amide bonds. The van der Waals surface area contributed by atoms with Crippen molar-refractivity contribution in [2.45, 2.75) is 31.7 Å². The van der Waals surface area contributed by atoms with Crippen LogP contribution in [0.5, 0.6) is 0 Å². The molecule has 1 saturated heterocycles. The third-order valence-corrected chi connectivity index (χ3v) is 5.68. The minimum Gasteiger partial charge on any atom is -0.481 e. The molecule has 2 N–H and O–H groups in total. The predicted molar refractivity (Wildman–Crippen MR) is 75.6 cm³/mol. The Morgan fingerprint density at radius 1 is 1.33 bits per heavy atom. The van der Waals surface area contributed by atoms with Crippen molar-refractivity contribution in [3.05, 3.63) is 11.4 Å². The zero-order valence-electron chi connectivity index (χ0n) is 12.2. The first-order valence-corrected chi connectivity index (χ1v) is 8.24. The van der Waals surface area contributed by atoms with Crippen LogP contribution in [0.4, 0.5) is 0 Å². The first-order valence-electron chi connectivity index (χ1n) is 6.80. The van der Waals surface area contributed by atoms with Gasteiger partial charge < -0.3 is 10.4 Å². The molecule has 8 nitrogen and oxygen atoms in total. The monoisotopic (exact) mass is 316 g/mol. The molecule has 2 rings (SSSR count). The van der Waals surface area contributed by atoms with Gasteiger partial charge in [-0.15, -0.1) is 0 Å². The van der Waals surface area contributed by atoms with E-state index in [4.69, 9.17) is 5.11 Å². The Balaban J connectivity index is 2.32. The summed E-state index contributed by atoms with van der Waals surface area (Å²) in [6.07, 6.45) is -0.0882. The van der Waals surface area contributed by atoms with E-state index < -0.39 is 16.0 Å². The normalized spacial score (nSPS) is 17.0. The SMILES string of the molecule is Cc1nn(CCC(=O)O)c(C)c1S(=O)(=O)N1CCNCC1. The van der Waals surface area contributed by atoms with Gasteiger partial charge in [-0.1, -0.05) is 0 Å². The molecule has 0 atom stereocenters. The van der Waals surface area contributed by atoms with Crippen molar-refractivity contribution in [2.24, 2.45) is 0 Å². The van der Waals surface area contributed by atoms with E-state index in [1.165, 1.54) is 8.99 Å². The van der Waals surface area contributed by atoms with Crippen LogP contribution in [0.2, 0.25) is 0 Å². The second-order valence-electron chi connectivity index (χ2n) is 5.02. The number of nitrogens with one attached hydrogen (secondary N) is 1. The molecule has 0 spiro atoms. The zero-order valence-corrected chi connectivity index (χ0v) is 13.0. The number of nitrogens with zero attached hydrogens (tertiary/aromatic N) is 3. The number of carboxylic acid groups (broad SMARTS) is 1. The molecule has 0 bridgehead atoms. The lowest BCUT2D eigenvalue weighted by Gasteiger charge is -2.26. The molecule has 1 aliphatic rings. The summed E-state index contributed by atoms with van der Waals surface area (Å²) >= 11 is 0. The summed E-state index contributed by atoms with van der Waals surface area (Å²) in [5.41, 5.74) is 0.906. The topological polar surface area (TPSA) is 105 Å². The molecule has 9 heteroatoms. The van der Waals surface area contributed by atoms with Gasteiger partial charge in [0.25, 0.3) is 0 Å². The van der Waals surface area contributed by atoms with Crippen LogP contribution >= 0.6 is 0 Å². The van der Waals surface area contributed by atoms with Gasteiger partial charge in [-0.2, -0.15) is 9.40 Å². The Kier molecular flexibility index (Phi) is 4.64. The Hall–Kier alpha value is -1.45. The van der Waals surface area contributed by atoms with E-state index in [0.717, 1.165) is 0 Å².